The predicted molar refractivity (Wildman–Crippen MR) is 186 cm³/mol. The maximum absolute atomic E-state index is 6.29. The molecule has 1 aliphatic rings. The highest BCUT2D eigenvalue weighted by atomic mass is 15.3. The quantitative estimate of drug-likeness (QED) is 0.202. The van der Waals surface area contributed by atoms with Gasteiger partial charge in [0, 0.05) is 53.8 Å². The molecular weight excluding hydrogens is 582 g/mol. The van der Waals surface area contributed by atoms with Crippen LogP contribution in [0.1, 0.15) is 35.4 Å². The molecule has 0 unspecified atom stereocenters. The summed E-state index contributed by atoms with van der Waals surface area (Å²) in [5.41, 5.74) is 25.2. The van der Waals surface area contributed by atoms with E-state index in [1.807, 2.05) is 29.9 Å². The van der Waals surface area contributed by atoms with Gasteiger partial charge in [0.1, 0.15) is 5.82 Å². The third-order valence-electron chi connectivity index (χ3n) is 8.70. The van der Waals surface area contributed by atoms with E-state index in [-0.39, 0.29) is 0 Å². The molecule has 4 aromatic heterocycles. The minimum absolute atomic E-state index is 0.413. The lowest BCUT2D eigenvalue weighted by molar-refractivity contribution is 0.913. The van der Waals surface area contributed by atoms with Crippen molar-refractivity contribution >= 4 is 17.0 Å². The molecule has 8 rings (SSSR count). The number of nitrogens with two attached hydrogens (primary N) is 2. The summed E-state index contributed by atoms with van der Waals surface area (Å²) in [5, 5.41) is 8.99. The lowest BCUT2D eigenvalue weighted by Gasteiger charge is -2.16. The Labute approximate surface area is 272 Å². The second-order valence-corrected chi connectivity index (χ2v) is 11.7. The van der Waals surface area contributed by atoms with Crippen molar-refractivity contribution in [3.8, 4) is 44.8 Å². The Morgan fingerprint density at radius 2 is 1.40 bits per heavy atom. The van der Waals surface area contributed by atoms with E-state index in [9.17, 15) is 0 Å². The number of allylic oxidation sites excluding steroid dienone is 4. The van der Waals surface area contributed by atoms with Gasteiger partial charge in [-0.25, -0.2) is 19.0 Å². The number of fused-ring (bicyclic) bond motifs is 2. The van der Waals surface area contributed by atoms with E-state index in [4.69, 9.17) is 21.4 Å². The van der Waals surface area contributed by atoms with Gasteiger partial charge in [0.05, 0.1) is 17.6 Å². The largest absolute Gasteiger partial charge is 0.326 e. The zero-order valence-corrected chi connectivity index (χ0v) is 26.0. The summed E-state index contributed by atoms with van der Waals surface area (Å²) in [6.07, 6.45) is 14.5. The number of aromatic nitrogens is 7. The van der Waals surface area contributed by atoms with Crippen molar-refractivity contribution in [2.45, 2.75) is 32.9 Å². The number of hydrogen-bond donors (Lipinski definition) is 2. The molecule has 9 heteroatoms. The summed E-state index contributed by atoms with van der Waals surface area (Å²) >= 11 is 0. The lowest BCUT2D eigenvalue weighted by Crippen LogP contribution is -2.03. The van der Waals surface area contributed by atoms with Gasteiger partial charge in [-0.3, -0.25) is 0 Å². The Kier molecular flexibility index (Phi) is 7.24. The van der Waals surface area contributed by atoms with Crippen molar-refractivity contribution in [3.05, 3.63) is 132 Å². The Hall–Kier alpha value is -5.77. The molecule has 0 bridgehead atoms. The molecule has 0 saturated carbocycles. The number of benzene rings is 3. The summed E-state index contributed by atoms with van der Waals surface area (Å²) in [5.74, 6) is 1.26. The van der Waals surface area contributed by atoms with E-state index in [0.29, 0.717) is 24.7 Å². The van der Waals surface area contributed by atoms with Crippen LogP contribution in [0.2, 0.25) is 0 Å². The smallest absolute Gasteiger partial charge is 0.252 e. The molecule has 0 aliphatic heterocycles. The van der Waals surface area contributed by atoms with Crippen molar-refractivity contribution in [2.75, 3.05) is 0 Å². The molecule has 4 heterocycles. The highest BCUT2D eigenvalue weighted by Crippen LogP contribution is 2.36. The summed E-state index contributed by atoms with van der Waals surface area (Å²) in [7, 11) is 0. The van der Waals surface area contributed by atoms with Crippen LogP contribution in [0, 0.1) is 6.92 Å². The zero-order chi connectivity index (χ0) is 31.9. The van der Waals surface area contributed by atoms with Gasteiger partial charge in [-0.05, 0) is 59.2 Å². The fourth-order valence-electron chi connectivity index (χ4n) is 6.25. The molecule has 230 valence electrons. The minimum Gasteiger partial charge on any atom is -0.326 e. The molecule has 4 N–H and O–H groups in total. The molecule has 0 atom stereocenters. The van der Waals surface area contributed by atoms with Crippen molar-refractivity contribution in [1.29, 1.82) is 0 Å². The molecule has 7 aromatic rings. The minimum atomic E-state index is 0.413. The first-order valence-electron chi connectivity index (χ1n) is 15.8. The Morgan fingerprint density at radius 1 is 0.681 bits per heavy atom. The molecule has 9 nitrogen and oxygen atoms in total. The van der Waals surface area contributed by atoms with Gasteiger partial charge >= 0.3 is 0 Å². The van der Waals surface area contributed by atoms with Gasteiger partial charge in [-0.2, -0.15) is 15.2 Å². The fourth-order valence-corrected chi connectivity index (χ4v) is 6.25. The molecule has 1 aliphatic carbocycles. The average molecular weight is 616 g/mol. The predicted octanol–water partition coefficient (Wildman–Crippen LogP) is 6.79. The molecular formula is C38H33N9. The summed E-state index contributed by atoms with van der Waals surface area (Å²) in [6, 6.07) is 25.1. The zero-order valence-electron chi connectivity index (χ0n) is 26.0. The van der Waals surface area contributed by atoms with E-state index in [2.05, 4.69) is 100 Å². The summed E-state index contributed by atoms with van der Waals surface area (Å²) in [4.78, 5) is 14.6. The van der Waals surface area contributed by atoms with Crippen LogP contribution in [0.3, 0.4) is 0 Å². The highest BCUT2D eigenvalue weighted by molar-refractivity contribution is 5.87. The van der Waals surface area contributed by atoms with Crippen LogP contribution in [0.4, 0.5) is 0 Å². The van der Waals surface area contributed by atoms with Crippen LogP contribution in [-0.2, 0) is 13.1 Å². The van der Waals surface area contributed by atoms with Crippen molar-refractivity contribution in [1.82, 2.24) is 34.2 Å². The van der Waals surface area contributed by atoms with Crippen LogP contribution < -0.4 is 11.5 Å². The maximum atomic E-state index is 6.29. The monoisotopic (exact) mass is 615 g/mol. The normalized spacial score (nSPS) is 13.0. The SMILES string of the molecule is Cc1nc2nc(-c3ccc(CN)c(-c4ccc(-c5cn6nccc6nc5-c5ccc(CN)cc5)cc4)c3)c(C3=CCCC=C3)cn2n1. The number of hydrogen-bond acceptors (Lipinski definition) is 7. The Morgan fingerprint density at radius 3 is 2.15 bits per heavy atom. The first-order valence-corrected chi connectivity index (χ1v) is 15.8. The average Bonchev–Trinajstić information content (AvgIpc) is 3.75. The Balaban J connectivity index is 1.22. The highest BCUT2D eigenvalue weighted by Gasteiger charge is 2.18. The van der Waals surface area contributed by atoms with Crippen molar-refractivity contribution in [3.63, 3.8) is 0 Å². The molecule has 0 radical (unpaired) electrons. The second-order valence-electron chi connectivity index (χ2n) is 11.7. The number of aryl methyl sites for hydroxylation is 1. The maximum Gasteiger partial charge on any atom is 0.252 e. The lowest BCUT2D eigenvalue weighted by atomic mass is 9.91. The number of rotatable bonds is 7. The second kappa shape index (κ2) is 11.9. The van der Waals surface area contributed by atoms with Gasteiger partial charge in [0.2, 0.25) is 0 Å². The van der Waals surface area contributed by atoms with E-state index in [1.54, 1.807) is 10.7 Å². The molecule has 0 saturated heterocycles. The van der Waals surface area contributed by atoms with E-state index >= 15 is 0 Å². The summed E-state index contributed by atoms with van der Waals surface area (Å²) in [6.45, 7) is 2.79. The Bertz CT molecular complexity index is 2320. The van der Waals surface area contributed by atoms with Crippen molar-refractivity contribution in [2.24, 2.45) is 11.5 Å². The van der Waals surface area contributed by atoms with Gasteiger partial charge < -0.3 is 11.5 Å². The van der Waals surface area contributed by atoms with Crippen LogP contribution in [0.25, 0.3) is 61.8 Å². The van der Waals surface area contributed by atoms with Crippen molar-refractivity contribution < 1.29 is 0 Å². The van der Waals surface area contributed by atoms with E-state index in [1.165, 1.54) is 0 Å². The van der Waals surface area contributed by atoms with Gasteiger partial charge in [0.15, 0.2) is 5.65 Å². The van der Waals surface area contributed by atoms with Gasteiger partial charge in [0.25, 0.3) is 5.78 Å². The molecule has 0 spiro atoms. The molecule has 3 aromatic carbocycles. The van der Waals surface area contributed by atoms with Gasteiger partial charge in [-0.1, -0.05) is 78.9 Å². The molecule has 0 amide bonds. The van der Waals surface area contributed by atoms with Crippen LogP contribution in [-0.4, -0.2) is 34.2 Å². The van der Waals surface area contributed by atoms with Crippen LogP contribution in [0.5, 0.6) is 0 Å². The van der Waals surface area contributed by atoms with Gasteiger partial charge in [-0.15, -0.1) is 0 Å². The topological polar surface area (TPSA) is 125 Å². The standard InChI is InChI=1S/C38H33N9/c1-24-42-38-44-37(34(23-47(38)45-24)26-5-3-2-4-6-26)30-15-16-31(21-40)32(19-30)27-11-13-28(14-12-27)33-22-46-35(17-18-41-46)43-36(33)29-9-7-25(20-39)8-10-29/h3,5-19,22-23H,2,4,20-21,39-40H2,1H3. The first-order chi connectivity index (χ1) is 23.1. The first kappa shape index (κ1) is 28.7. The third-order valence-corrected chi connectivity index (χ3v) is 8.70. The molecule has 47 heavy (non-hydrogen) atoms. The third kappa shape index (κ3) is 5.31. The van der Waals surface area contributed by atoms with E-state index in [0.717, 1.165) is 85.5 Å². The molecule has 0 fully saturated rings. The summed E-state index contributed by atoms with van der Waals surface area (Å²) < 4.78 is 3.58. The number of nitrogens with zero attached hydrogens (tertiary/aromatic N) is 7. The van der Waals surface area contributed by atoms with Crippen LogP contribution >= 0.6 is 0 Å². The fraction of sp³-hybridized carbons (Fsp3) is 0.132. The van der Waals surface area contributed by atoms with Crippen LogP contribution in [0.15, 0.2) is 110 Å². The van der Waals surface area contributed by atoms with E-state index < -0.39 is 0 Å².